The van der Waals surface area contributed by atoms with Crippen molar-refractivity contribution in [3.8, 4) is 17.1 Å². The first-order valence-electron chi connectivity index (χ1n) is 7.60. The summed E-state index contributed by atoms with van der Waals surface area (Å²) in [4.78, 5) is 10.8. The van der Waals surface area contributed by atoms with Crippen LogP contribution in [0.1, 0.15) is 6.42 Å². The van der Waals surface area contributed by atoms with Gasteiger partial charge in [0, 0.05) is 19.2 Å². The van der Waals surface area contributed by atoms with Crippen molar-refractivity contribution in [1.82, 2.24) is 14.5 Å². The van der Waals surface area contributed by atoms with E-state index in [-0.39, 0.29) is 45.0 Å². The predicted molar refractivity (Wildman–Crippen MR) is 97.1 cm³/mol. The molecule has 1 heterocycles. The Balaban J connectivity index is 2.37. The third kappa shape index (κ3) is 5.10. The molecule has 0 radical (unpaired) electrons. The summed E-state index contributed by atoms with van der Waals surface area (Å²) < 4.78 is 61.9. The molecule has 0 fully saturated rings. The molecule has 154 valence electrons. The Kier molecular flexibility index (Phi) is 7.21. The number of methoxy groups -OCH3 is 1. The van der Waals surface area contributed by atoms with E-state index in [0.29, 0.717) is 0 Å². The average Bonchev–Trinajstić information content (AvgIpc) is 2.89. The first-order chi connectivity index (χ1) is 13.1. The molecule has 0 spiro atoms. The second-order valence-electron chi connectivity index (χ2n) is 5.34. The maximum absolute atomic E-state index is 12.5. The first-order valence-corrected chi connectivity index (χ1v) is 9.84. The average molecular weight is 458 g/mol. The van der Waals surface area contributed by atoms with Crippen molar-refractivity contribution < 1.29 is 31.5 Å². The summed E-state index contributed by atoms with van der Waals surface area (Å²) in [5, 5.41) is 3.68. The second kappa shape index (κ2) is 9.03. The number of sulfonamides is 1. The minimum atomic E-state index is -4.08. The van der Waals surface area contributed by atoms with Gasteiger partial charge in [-0.2, -0.15) is 13.9 Å². The Morgan fingerprint density at radius 2 is 2.04 bits per heavy atom. The van der Waals surface area contributed by atoms with E-state index in [0.717, 1.165) is 4.68 Å². The number of alkyl halides is 2. The van der Waals surface area contributed by atoms with Crippen LogP contribution in [0.3, 0.4) is 0 Å². The van der Waals surface area contributed by atoms with Crippen molar-refractivity contribution in [2.45, 2.75) is 17.9 Å². The van der Waals surface area contributed by atoms with Gasteiger partial charge < -0.3 is 9.47 Å². The Morgan fingerprint density at radius 1 is 1.36 bits per heavy atom. The number of rotatable bonds is 8. The van der Waals surface area contributed by atoms with E-state index >= 15 is 0 Å². The molecule has 2 rings (SSSR count). The number of esters is 1. The van der Waals surface area contributed by atoms with Crippen LogP contribution < -0.4 is 9.46 Å². The van der Waals surface area contributed by atoms with E-state index in [1.807, 2.05) is 0 Å². The molecule has 0 bridgehead atoms. The van der Waals surface area contributed by atoms with Crippen LogP contribution >= 0.6 is 23.2 Å². The maximum Gasteiger partial charge on any atom is 0.388 e. The SMILES string of the molecule is COC(=O)CCNS(=O)(=O)c1cc(-c2nn(C)c(OC(F)F)c2Cl)ccc1Cl. The van der Waals surface area contributed by atoms with Crippen molar-refractivity contribution in [2.24, 2.45) is 7.05 Å². The third-order valence-corrected chi connectivity index (χ3v) is 5.77. The second-order valence-corrected chi connectivity index (χ2v) is 7.86. The van der Waals surface area contributed by atoms with Crippen LogP contribution in [0.15, 0.2) is 23.1 Å². The van der Waals surface area contributed by atoms with Crippen molar-refractivity contribution in [2.75, 3.05) is 13.7 Å². The van der Waals surface area contributed by atoms with E-state index in [4.69, 9.17) is 23.2 Å². The summed E-state index contributed by atoms with van der Waals surface area (Å²) in [6.45, 7) is -3.31. The molecule has 0 aliphatic rings. The van der Waals surface area contributed by atoms with Gasteiger partial charge in [-0.15, -0.1) is 0 Å². The number of nitrogens with one attached hydrogen (secondary N) is 1. The number of aryl methyl sites for hydroxylation is 1. The van der Waals surface area contributed by atoms with Crippen LogP contribution in [0.25, 0.3) is 11.3 Å². The number of hydrogen-bond acceptors (Lipinski definition) is 6. The summed E-state index contributed by atoms with van der Waals surface area (Å²) in [5.41, 5.74) is 0.241. The zero-order chi connectivity index (χ0) is 21.1. The van der Waals surface area contributed by atoms with Gasteiger partial charge in [0.05, 0.1) is 18.6 Å². The number of ether oxygens (including phenoxy) is 2. The molecule has 0 saturated carbocycles. The summed E-state index contributed by atoms with van der Waals surface area (Å²) in [5.74, 6) is -0.961. The molecule has 0 aliphatic carbocycles. The lowest BCUT2D eigenvalue weighted by molar-refractivity contribution is -0.140. The van der Waals surface area contributed by atoms with Gasteiger partial charge in [0.25, 0.3) is 0 Å². The van der Waals surface area contributed by atoms with Crippen LogP contribution in [0.2, 0.25) is 10.0 Å². The fourth-order valence-electron chi connectivity index (χ4n) is 2.20. The van der Waals surface area contributed by atoms with Gasteiger partial charge in [-0.1, -0.05) is 29.3 Å². The number of carbonyl (C=O) groups excluding carboxylic acids is 1. The quantitative estimate of drug-likeness (QED) is 0.611. The van der Waals surface area contributed by atoms with Crippen LogP contribution in [0.5, 0.6) is 5.88 Å². The molecule has 0 saturated heterocycles. The molecule has 13 heteroatoms. The summed E-state index contributed by atoms with van der Waals surface area (Å²) in [7, 11) is -1.56. The van der Waals surface area contributed by atoms with Gasteiger partial charge in [-0.3, -0.25) is 4.79 Å². The molecule has 28 heavy (non-hydrogen) atoms. The Hall–Kier alpha value is -1.95. The van der Waals surface area contributed by atoms with Gasteiger partial charge in [0.2, 0.25) is 15.9 Å². The van der Waals surface area contributed by atoms with Crippen molar-refractivity contribution >= 4 is 39.2 Å². The van der Waals surface area contributed by atoms with Crippen molar-refractivity contribution in [3.05, 3.63) is 28.2 Å². The van der Waals surface area contributed by atoms with Crippen LogP contribution in [0.4, 0.5) is 8.78 Å². The molecule has 1 N–H and O–H groups in total. The van der Waals surface area contributed by atoms with Crippen molar-refractivity contribution in [1.29, 1.82) is 0 Å². The molecule has 0 amide bonds. The topological polar surface area (TPSA) is 99.5 Å². The Labute approximate surface area is 169 Å². The highest BCUT2D eigenvalue weighted by Crippen LogP contribution is 2.37. The molecule has 0 atom stereocenters. The Morgan fingerprint density at radius 3 is 2.64 bits per heavy atom. The van der Waals surface area contributed by atoms with E-state index in [1.54, 1.807) is 0 Å². The minimum absolute atomic E-state index is 0.0301. The first kappa shape index (κ1) is 22.3. The van der Waals surface area contributed by atoms with Gasteiger partial charge >= 0.3 is 12.6 Å². The number of hydrogen-bond donors (Lipinski definition) is 1. The fraction of sp³-hybridized carbons (Fsp3) is 0.333. The molecule has 1 aromatic heterocycles. The molecular weight excluding hydrogens is 443 g/mol. The summed E-state index contributed by atoms with van der Waals surface area (Å²) >= 11 is 12.0. The standard InChI is InChI=1S/C15H15Cl2F2N3O5S/c1-22-14(27-15(18)19)12(17)13(21-22)8-3-4-9(16)10(7-8)28(24,25)20-6-5-11(23)26-2/h3-4,7,15,20H,5-6H2,1-2H3. The highest BCUT2D eigenvalue weighted by atomic mass is 35.5. The third-order valence-electron chi connectivity index (χ3n) is 3.48. The number of halogens is 4. The zero-order valence-electron chi connectivity index (χ0n) is 14.6. The predicted octanol–water partition coefficient (Wildman–Crippen LogP) is 2.84. The van der Waals surface area contributed by atoms with Gasteiger partial charge in [0.1, 0.15) is 15.6 Å². The van der Waals surface area contributed by atoms with E-state index in [2.05, 4.69) is 19.3 Å². The van der Waals surface area contributed by atoms with Gasteiger partial charge in [0.15, 0.2) is 0 Å². The van der Waals surface area contributed by atoms with Crippen molar-refractivity contribution in [3.63, 3.8) is 0 Å². The Bertz CT molecular complexity index is 982. The lowest BCUT2D eigenvalue weighted by atomic mass is 10.1. The molecule has 2 aromatic rings. The van der Waals surface area contributed by atoms with Crippen LogP contribution in [0, 0.1) is 0 Å². The highest BCUT2D eigenvalue weighted by molar-refractivity contribution is 7.89. The largest absolute Gasteiger partial charge is 0.469 e. The molecule has 0 aliphatic heterocycles. The van der Waals surface area contributed by atoms with Gasteiger partial charge in [-0.05, 0) is 12.1 Å². The number of carbonyl (C=O) groups is 1. The maximum atomic E-state index is 12.5. The number of nitrogens with zero attached hydrogens (tertiary/aromatic N) is 2. The molecule has 0 unspecified atom stereocenters. The summed E-state index contributed by atoms with van der Waals surface area (Å²) in [6, 6.07) is 3.91. The lowest BCUT2D eigenvalue weighted by Gasteiger charge is -2.09. The lowest BCUT2D eigenvalue weighted by Crippen LogP contribution is -2.26. The van der Waals surface area contributed by atoms with E-state index < -0.39 is 22.6 Å². The molecule has 1 aromatic carbocycles. The van der Waals surface area contributed by atoms with Crippen LogP contribution in [-0.4, -0.2) is 44.4 Å². The minimum Gasteiger partial charge on any atom is -0.469 e. The normalized spacial score (nSPS) is 11.7. The smallest absolute Gasteiger partial charge is 0.388 e. The van der Waals surface area contributed by atoms with Crippen LogP contribution in [-0.2, 0) is 26.6 Å². The van der Waals surface area contributed by atoms with E-state index in [9.17, 15) is 22.0 Å². The number of aromatic nitrogens is 2. The van der Waals surface area contributed by atoms with Gasteiger partial charge in [-0.25, -0.2) is 17.8 Å². The number of benzene rings is 1. The molecule has 8 nitrogen and oxygen atoms in total. The zero-order valence-corrected chi connectivity index (χ0v) is 16.9. The monoisotopic (exact) mass is 457 g/mol. The molecular formula is C15H15Cl2F2N3O5S. The highest BCUT2D eigenvalue weighted by Gasteiger charge is 2.23. The summed E-state index contributed by atoms with van der Waals surface area (Å²) in [6.07, 6.45) is -0.173. The van der Waals surface area contributed by atoms with E-state index in [1.165, 1.54) is 32.4 Å². The fourth-order valence-corrected chi connectivity index (χ4v) is 4.07.